The fourth-order valence-corrected chi connectivity index (χ4v) is 9.19. The van der Waals surface area contributed by atoms with Gasteiger partial charge >= 0.3 is 6.09 Å². The summed E-state index contributed by atoms with van der Waals surface area (Å²) >= 11 is 0. The lowest BCUT2D eigenvalue weighted by Crippen LogP contribution is -2.58. The van der Waals surface area contributed by atoms with Gasteiger partial charge in [-0.2, -0.15) is 0 Å². The van der Waals surface area contributed by atoms with Crippen molar-refractivity contribution < 1.29 is 46.5 Å². The van der Waals surface area contributed by atoms with E-state index in [1.165, 1.54) is 12.0 Å². The number of cyclic esters (lactones) is 1. The van der Waals surface area contributed by atoms with E-state index in [1.807, 2.05) is 37.3 Å². The van der Waals surface area contributed by atoms with Crippen LogP contribution in [0.5, 0.6) is 17.4 Å². The Hall–Kier alpha value is -4.86. The van der Waals surface area contributed by atoms with Gasteiger partial charge in [-0.3, -0.25) is 19.1 Å². The fraction of sp³-hybridized carbons (Fsp3) is 0.575. The number of hydrogen-bond acceptors (Lipinski definition) is 11. The van der Waals surface area contributed by atoms with Gasteiger partial charge in [0.25, 0.3) is 5.91 Å². The number of nitrogens with zero attached hydrogens (tertiary/aromatic N) is 2. The Labute approximate surface area is 327 Å². The fourth-order valence-electron chi connectivity index (χ4n) is 7.83. The van der Waals surface area contributed by atoms with Crippen molar-refractivity contribution in [1.82, 2.24) is 25.2 Å². The molecule has 2 aromatic rings. The van der Waals surface area contributed by atoms with Crippen molar-refractivity contribution in [2.24, 2.45) is 11.8 Å². The summed E-state index contributed by atoms with van der Waals surface area (Å²) in [7, 11) is -0.824. The van der Waals surface area contributed by atoms with Crippen LogP contribution in [0.2, 0.25) is 0 Å². The molecule has 56 heavy (non-hydrogen) atoms. The van der Waals surface area contributed by atoms with Gasteiger partial charge in [0.2, 0.25) is 27.7 Å². The summed E-state index contributed by atoms with van der Waals surface area (Å²) in [5, 5.41) is 5.71. The molecule has 6 atom stereocenters. The number of carbonyl (C=O) groups is 4. The maximum Gasteiger partial charge on any atom is 0.407 e. The molecule has 2 aliphatic carbocycles. The topological polar surface area (TPSA) is 192 Å². The predicted octanol–water partition coefficient (Wildman–Crippen LogP) is 4.14. The SMILES string of the molecule is COc1cc2c3cc(c(OC)cc3n1)C=CCC[C@H](C)COC(=O)N[C@H]1CCCCCC=C[C@@H]3C[C@@]3(C(=O)NS(=O)(=O)C3CC3)NC(=O)[C@@H]3C[C@H](CN3C1=O)O2. The summed E-state index contributed by atoms with van der Waals surface area (Å²) in [6.45, 7) is 2.11. The number of rotatable bonds is 5. The Morgan fingerprint density at radius 2 is 1.84 bits per heavy atom. The van der Waals surface area contributed by atoms with Crippen LogP contribution >= 0.6 is 0 Å². The third-order valence-electron chi connectivity index (χ3n) is 11.4. The number of nitrogens with one attached hydrogen (secondary N) is 3. The van der Waals surface area contributed by atoms with Crippen LogP contribution in [0.25, 0.3) is 17.0 Å². The number of ether oxygens (including phenoxy) is 4. The summed E-state index contributed by atoms with van der Waals surface area (Å²) in [4.78, 5) is 62.1. The molecule has 3 fully saturated rings. The van der Waals surface area contributed by atoms with Gasteiger partial charge in [0.1, 0.15) is 35.2 Å². The predicted molar refractivity (Wildman–Crippen MR) is 206 cm³/mol. The van der Waals surface area contributed by atoms with Gasteiger partial charge in [0.05, 0.1) is 38.1 Å². The van der Waals surface area contributed by atoms with E-state index in [1.54, 1.807) is 19.2 Å². The second kappa shape index (κ2) is 16.3. The monoisotopic (exact) mass is 793 g/mol. The van der Waals surface area contributed by atoms with Gasteiger partial charge in [-0.25, -0.2) is 18.2 Å². The molecule has 5 bridgehead atoms. The van der Waals surface area contributed by atoms with E-state index < -0.39 is 68.7 Å². The molecule has 302 valence electrons. The largest absolute Gasteiger partial charge is 0.496 e. The highest BCUT2D eigenvalue weighted by Gasteiger charge is 2.62. The molecule has 15 nitrogen and oxygen atoms in total. The third-order valence-corrected chi connectivity index (χ3v) is 13.2. The number of hydrogen-bond donors (Lipinski definition) is 3. The van der Waals surface area contributed by atoms with Crippen molar-refractivity contribution in [3.63, 3.8) is 0 Å². The lowest BCUT2D eigenvalue weighted by Gasteiger charge is -2.29. The van der Waals surface area contributed by atoms with E-state index in [4.69, 9.17) is 18.9 Å². The highest BCUT2D eigenvalue weighted by atomic mass is 32.2. The summed E-state index contributed by atoms with van der Waals surface area (Å²) < 4.78 is 51.5. The summed E-state index contributed by atoms with van der Waals surface area (Å²) in [5.41, 5.74) is -0.171. The van der Waals surface area contributed by atoms with Crippen molar-refractivity contribution in [3.05, 3.63) is 42.0 Å². The van der Waals surface area contributed by atoms with Crippen LogP contribution in [0.4, 0.5) is 4.79 Å². The first-order valence-corrected chi connectivity index (χ1v) is 21.1. The Morgan fingerprint density at radius 3 is 2.61 bits per heavy atom. The molecule has 1 saturated heterocycles. The second-order valence-corrected chi connectivity index (χ2v) is 17.6. The van der Waals surface area contributed by atoms with Gasteiger partial charge < -0.3 is 34.5 Å². The van der Waals surface area contributed by atoms with E-state index in [9.17, 15) is 27.6 Å². The zero-order valence-corrected chi connectivity index (χ0v) is 32.9. The molecule has 7 rings (SSSR count). The van der Waals surface area contributed by atoms with Crippen LogP contribution in [0.15, 0.2) is 36.4 Å². The molecule has 5 aliphatic rings. The zero-order valence-electron chi connectivity index (χ0n) is 32.1. The van der Waals surface area contributed by atoms with Crippen molar-refractivity contribution in [2.75, 3.05) is 27.4 Å². The molecule has 0 radical (unpaired) electrons. The maximum atomic E-state index is 14.6. The first kappa shape index (κ1) is 39.4. The number of pyridine rings is 1. The Balaban J connectivity index is 1.26. The number of aromatic nitrogens is 1. The van der Waals surface area contributed by atoms with E-state index in [0.717, 1.165) is 24.8 Å². The molecule has 0 unspecified atom stereocenters. The minimum absolute atomic E-state index is 0.0190. The maximum absolute atomic E-state index is 14.6. The molecule has 2 saturated carbocycles. The number of alkyl carbamates (subject to hydrolysis) is 1. The summed E-state index contributed by atoms with van der Waals surface area (Å²) in [6, 6.07) is 3.26. The Morgan fingerprint density at radius 1 is 1.02 bits per heavy atom. The molecule has 4 amide bonds. The van der Waals surface area contributed by atoms with Crippen LogP contribution < -0.4 is 29.6 Å². The number of fused-ring (bicyclic) bond motifs is 4. The lowest BCUT2D eigenvalue weighted by atomic mass is 10.0. The molecule has 1 aromatic carbocycles. The first-order valence-electron chi connectivity index (χ1n) is 19.6. The van der Waals surface area contributed by atoms with Crippen LogP contribution in [0.1, 0.15) is 83.1 Å². The van der Waals surface area contributed by atoms with Crippen LogP contribution in [0.3, 0.4) is 0 Å². The quantitative estimate of drug-likeness (QED) is 0.369. The number of methoxy groups -OCH3 is 2. The standard InChI is InChI=1S/C40H51N5O10S/c1-24-11-9-10-12-25-17-29-31(19-33(25)52-2)41-35(53-3)20-34(29)55-27-18-32-36(46)43-40(38(48)44-56(50,51)28-15-16-28)21-26(40)13-7-5-4-6-8-14-30(37(47)45(32)22-27)42-39(49)54-23-24/h7,10,12-13,17,19-20,24,26-28,30,32H,4-6,8-9,11,14-16,18,21-23H2,1-3H3,(H,42,49)(H,43,46)(H,44,48)/t24-,26+,27+,30-,32-,40+/m0/s1. The van der Waals surface area contributed by atoms with Gasteiger partial charge in [0.15, 0.2) is 0 Å². The number of sulfonamides is 1. The second-order valence-electron chi connectivity index (χ2n) is 15.6. The van der Waals surface area contributed by atoms with Gasteiger partial charge in [-0.15, -0.1) is 0 Å². The van der Waals surface area contributed by atoms with E-state index in [0.29, 0.717) is 60.9 Å². The van der Waals surface area contributed by atoms with E-state index >= 15 is 0 Å². The number of benzene rings is 1. The van der Waals surface area contributed by atoms with Gasteiger partial charge in [0, 0.05) is 35.4 Å². The highest BCUT2D eigenvalue weighted by Crippen LogP contribution is 2.46. The lowest BCUT2D eigenvalue weighted by molar-refractivity contribution is -0.141. The molecular weight excluding hydrogens is 743 g/mol. The molecule has 4 heterocycles. The van der Waals surface area contributed by atoms with Crippen molar-refractivity contribution >= 4 is 50.8 Å². The van der Waals surface area contributed by atoms with Crippen molar-refractivity contribution in [3.8, 4) is 17.4 Å². The van der Waals surface area contributed by atoms with Gasteiger partial charge in [-0.1, -0.05) is 44.1 Å². The Bertz CT molecular complexity index is 2030. The van der Waals surface area contributed by atoms with Crippen LogP contribution in [0, 0.1) is 11.8 Å². The summed E-state index contributed by atoms with van der Waals surface area (Å²) in [6.07, 6.45) is 12.2. The van der Waals surface area contributed by atoms with Gasteiger partial charge in [-0.05, 0) is 63.4 Å². The average Bonchev–Trinajstić information content (AvgIpc) is 4.10. The normalized spacial score (nSPS) is 28.9. The van der Waals surface area contributed by atoms with E-state index in [2.05, 4.69) is 20.3 Å². The molecule has 3 N–H and O–H groups in total. The van der Waals surface area contributed by atoms with E-state index in [-0.39, 0.29) is 37.8 Å². The highest BCUT2D eigenvalue weighted by molar-refractivity contribution is 7.91. The molecule has 3 aliphatic heterocycles. The Kier molecular flexibility index (Phi) is 11.5. The minimum Gasteiger partial charge on any atom is -0.496 e. The smallest absolute Gasteiger partial charge is 0.407 e. The zero-order chi connectivity index (χ0) is 39.6. The number of amides is 4. The van der Waals surface area contributed by atoms with Crippen molar-refractivity contribution in [1.29, 1.82) is 0 Å². The molecule has 0 spiro atoms. The third kappa shape index (κ3) is 8.59. The van der Waals surface area contributed by atoms with Crippen molar-refractivity contribution in [2.45, 2.75) is 107 Å². The minimum atomic E-state index is -3.90. The molecular formula is C40H51N5O10S. The number of allylic oxidation sites excluding steroid dienone is 2. The molecule has 16 heteroatoms. The number of carbonyl (C=O) groups excluding carboxylic acids is 4. The average molecular weight is 794 g/mol. The van der Waals surface area contributed by atoms with Crippen LogP contribution in [-0.2, 0) is 29.1 Å². The van der Waals surface area contributed by atoms with Crippen LogP contribution in [-0.4, -0.2) is 98.5 Å². The first-order chi connectivity index (χ1) is 26.9. The molecule has 1 aromatic heterocycles. The summed E-state index contributed by atoms with van der Waals surface area (Å²) in [5.74, 6) is -1.00.